The van der Waals surface area contributed by atoms with Gasteiger partial charge in [0.2, 0.25) is 0 Å². The van der Waals surface area contributed by atoms with E-state index in [4.69, 9.17) is 4.98 Å². The maximum Gasteiger partial charge on any atom is 0.131 e. The molecule has 3 nitrogen and oxygen atoms in total. The van der Waals surface area contributed by atoms with Gasteiger partial charge >= 0.3 is 0 Å². The molecule has 0 saturated heterocycles. The number of aromatic nitrogens is 2. The van der Waals surface area contributed by atoms with Gasteiger partial charge in [0.1, 0.15) is 5.82 Å². The monoisotopic (exact) mass is 231 g/mol. The third-order valence-electron chi connectivity index (χ3n) is 4.05. The molecule has 0 aromatic carbocycles. The topological polar surface area (TPSA) is 37.8 Å². The Morgan fingerprint density at radius 1 is 1.12 bits per heavy atom. The van der Waals surface area contributed by atoms with Crippen molar-refractivity contribution in [3.63, 3.8) is 0 Å². The van der Waals surface area contributed by atoms with Crippen molar-refractivity contribution in [3.8, 4) is 0 Å². The second kappa shape index (κ2) is 5.13. The Hall–Kier alpha value is -0.960. The first kappa shape index (κ1) is 11.1. The predicted molar refractivity (Wildman–Crippen MR) is 67.9 cm³/mol. The summed E-state index contributed by atoms with van der Waals surface area (Å²) in [5, 5.41) is 3.37. The molecule has 1 N–H and O–H groups in total. The summed E-state index contributed by atoms with van der Waals surface area (Å²) in [5.41, 5.74) is 2.59. The van der Waals surface area contributed by atoms with Gasteiger partial charge in [-0.3, -0.25) is 0 Å². The van der Waals surface area contributed by atoms with Gasteiger partial charge in [-0.1, -0.05) is 25.7 Å². The maximum absolute atomic E-state index is 4.83. The number of hydrogen-bond donors (Lipinski definition) is 1. The molecule has 2 heterocycles. The summed E-state index contributed by atoms with van der Waals surface area (Å²) in [6, 6.07) is 0. The fourth-order valence-electron chi connectivity index (χ4n) is 2.99. The van der Waals surface area contributed by atoms with Gasteiger partial charge in [0.15, 0.2) is 0 Å². The first-order valence-corrected chi connectivity index (χ1v) is 6.99. The number of fused-ring (bicyclic) bond motifs is 1. The van der Waals surface area contributed by atoms with Crippen molar-refractivity contribution in [2.45, 2.75) is 57.4 Å². The van der Waals surface area contributed by atoms with Crippen LogP contribution >= 0.6 is 0 Å². The van der Waals surface area contributed by atoms with Gasteiger partial charge in [-0.2, -0.15) is 0 Å². The van der Waals surface area contributed by atoms with Gasteiger partial charge in [0, 0.05) is 42.9 Å². The molecule has 17 heavy (non-hydrogen) atoms. The summed E-state index contributed by atoms with van der Waals surface area (Å²) in [6.45, 7) is 2.01. The highest BCUT2D eigenvalue weighted by Gasteiger charge is 2.19. The van der Waals surface area contributed by atoms with Crippen LogP contribution in [0.4, 0.5) is 0 Å². The van der Waals surface area contributed by atoms with Crippen LogP contribution in [0.2, 0.25) is 0 Å². The average Bonchev–Trinajstić information content (AvgIpc) is 2.67. The minimum Gasteiger partial charge on any atom is -0.312 e. The van der Waals surface area contributed by atoms with E-state index in [0.717, 1.165) is 25.3 Å². The van der Waals surface area contributed by atoms with Crippen molar-refractivity contribution in [1.29, 1.82) is 0 Å². The fourth-order valence-corrected chi connectivity index (χ4v) is 2.99. The lowest BCUT2D eigenvalue weighted by Gasteiger charge is -2.19. The van der Waals surface area contributed by atoms with Gasteiger partial charge in [0.05, 0.1) is 0 Å². The molecule has 1 saturated carbocycles. The molecule has 1 aliphatic carbocycles. The number of nitrogens with zero attached hydrogens (tertiary/aromatic N) is 2. The van der Waals surface area contributed by atoms with Crippen LogP contribution in [0, 0.1) is 0 Å². The minimum absolute atomic E-state index is 0.623. The molecule has 2 aliphatic rings. The van der Waals surface area contributed by atoms with Crippen molar-refractivity contribution in [2.24, 2.45) is 0 Å². The van der Waals surface area contributed by atoms with Gasteiger partial charge < -0.3 is 5.32 Å². The molecule has 3 rings (SSSR count). The first-order chi connectivity index (χ1) is 8.43. The Balaban J connectivity index is 1.82. The third kappa shape index (κ3) is 2.49. The second-order valence-electron chi connectivity index (χ2n) is 5.32. The van der Waals surface area contributed by atoms with Crippen LogP contribution in [-0.2, 0) is 13.0 Å². The van der Waals surface area contributed by atoms with E-state index in [1.54, 1.807) is 0 Å². The van der Waals surface area contributed by atoms with Crippen LogP contribution in [0.3, 0.4) is 0 Å². The summed E-state index contributed by atoms with van der Waals surface area (Å²) in [4.78, 5) is 9.43. The molecule has 1 aliphatic heterocycles. The molecule has 1 fully saturated rings. The summed E-state index contributed by atoms with van der Waals surface area (Å²) in [6.07, 6.45) is 11.2. The highest BCUT2D eigenvalue weighted by molar-refractivity contribution is 5.21. The Morgan fingerprint density at radius 3 is 2.76 bits per heavy atom. The van der Waals surface area contributed by atoms with Crippen molar-refractivity contribution in [3.05, 3.63) is 23.3 Å². The Kier molecular flexibility index (Phi) is 3.36. The SMILES string of the molecule is c1nc(C2CCCCCC2)nc2c1CNCC2. The van der Waals surface area contributed by atoms with E-state index >= 15 is 0 Å². The lowest BCUT2D eigenvalue weighted by molar-refractivity contribution is 0.546. The molecule has 3 heteroatoms. The summed E-state index contributed by atoms with van der Waals surface area (Å²) < 4.78 is 0. The lowest BCUT2D eigenvalue weighted by Crippen LogP contribution is -2.25. The van der Waals surface area contributed by atoms with Gasteiger partial charge in [-0.05, 0) is 12.8 Å². The molecule has 0 unspecified atom stereocenters. The molecule has 0 bridgehead atoms. The smallest absolute Gasteiger partial charge is 0.131 e. The van der Waals surface area contributed by atoms with Gasteiger partial charge in [-0.15, -0.1) is 0 Å². The molecule has 1 aromatic heterocycles. The zero-order valence-electron chi connectivity index (χ0n) is 10.4. The molecular formula is C14H21N3. The molecule has 0 spiro atoms. The Morgan fingerprint density at radius 2 is 1.94 bits per heavy atom. The first-order valence-electron chi connectivity index (χ1n) is 6.99. The number of nitrogens with one attached hydrogen (secondary N) is 1. The van der Waals surface area contributed by atoms with Crippen LogP contribution in [-0.4, -0.2) is 16.5 Å². The van der Waals surface area contributed by atoms with Crippen molar-refractivity contribution >= 4 is 0 Å². The quantitative estimate of drug-likeness (QED) is 0.755. The maximum atomic E-state index is 4.83. The normalized spacial score (nSPS) is 21.9. The van der Waals surface area contributed by atoms with Crippen molar-refractivity contribution in [1.82, 2.24) is 15.3 Å². The van der Waals surface area contributed by atoms with E-state index in [1.165, 1.54) is 49.8 Å². The van der Waals surface area contributed by atoms with Crippen molar-refractivity contribution in [2.75, 3.05) is 6.54 Å². The Bertz CT molecular complexity index is 381. The molecule has 0 atom stereocenters. The molecule has 0 amide bonds. The molecular weight excluding hydrogens is 210 g/mol. The fraction of sp³-hybridized carbons (Fsp3) is 0.714. The molecule has 1 aromatic rings. The zero-order valence-corrected chi connectivity index (χ0v) is 10.4. The van der Waals surface area contributed by atoms with Gasteiger partial charge in [-0.25, -0.2) is 9.97 Å². The van der Waals surface area contributed by atoms with Crippen LogP contribution in [0.25, 0.3) is 0 Å². The second-order valence-corrected chi connectivity index (χ2v) is 5.32. The average molecular weight is 231 g/mol. The lowest BCUT2D eigenvalue weighted by atomic mass is 9.98. The van der Waals surface area contributed by atoms with Crippen LogP contribution in [0.15, 0.2) is 6.20 Å². The van der Waals surface area contributed by atoms with E-state index in [2.05, 4.69) is 16.5 Å². The van der Waals surface area contributed by atoms with E-state index in [1.807, 2.05) is 0 Å². The van der Waals surface area contributed by atoms with Crippen molar-refractivity contribution < 1.29 is 0 Å². The third-order valence-corrected chi connectivity index (χ3v) is 4.05. The largest absolute Gasteiger partial charge is 0.312 e. The summed E-state index contributed by atoms with van der Waals surface area (Å²) in [5.74, 6) is 1.74. The summed E-state index contributed by atoms with van der Waals surface area (Å²) in [7, 11) is 0. The summed E-state index contributed by atoms with van der Waals surface area (Å²) >= 11 is 0. The molecule has 0 radical (unpaired) electrons. The van der Waals surface area contributed by atoms with E-state index < -0.39 is 0 Å². The number of rotatable bonds is 1. The van der Waals surface area contributed by atoms with E-state index in [-0.39, 0.29) is 0 Å². The molecule has 92 valence electrons. The van der Waals surface area contributed by atoms with Crippen LogP contribution in [0.5, 0.6) is 0 Å². The van der Waals surface area contributed by atoms with Crippen LogP contribution < -0.4 is 5.32 Å². The minimum atomic E-state index is 0.623. The number of hydrogen-bond acceptors (Lipinski definition) is 3. The van der Waals surface area contributed by atoms with E-state index in [0.29, 0.717) is 5.92 Å². The standard InChI is InChI=1S/C14H21N3/c1-2-4-6-11(5-3-1)14-16-10-12-9-15-8-7-13(12)17-14/h10-11,15H,1-9H2. The van der Waals surface area contributed by atoms with E-state index in [9.17, 15) is 0 Å². The highest BCUT2D eigenvalue weighted by atomic mass is 14.9. The van der Waals surface area contributed by atoms with Crippen LogP contribution in [0.1, 0.15) is 61.5 Å². The Labute approximate surface area is 103 Å². The predicted octanol–water partition coefficient (Wildman–Crippen LogP) is 2.56. The van der Waals surface area contributed by atoms with Gasteiger partial charge in [0.25, 0.3) is 0 Å². The zero-order chi connectivity index (χ0) is 11.5. The highest BCUT2D eigenvalue weighted by Crippen LogP contribution is 2.30.